The second kappa shape index (κ2) is 7.04. The molecule has 0 saturated carbocycles. The third-order valence-corrected chi connectivity index (χ3v) is 2.88. The average molecular weight is 303 g/mol. The fraction of sp³-hybridized carbons (Fsp3) is 0. The number of rotatable bonds is 4. The number of hydrogen-bond donors (Lipinski definition) is 0. The lowest BCUT2D eigenvalue weighted by molar-refractivity contribution is 1.17. The van der Waals surface area contributed by atoms with Crippen LogP contribution in [0.15, 0.2) is 61.2 Å². The van der Waals surface area contributed by atoms with Crippen molar-refractivity contribution in [3.8, 4) is 11.3 Å². The van der Waals surface area contributed by atoms with Gasteiger partial charge >= 0.3 is 0 Å². The highest BCUT2D eigenvalue weighted by molar-refractivity contribution is 6.32. The Morgan fingerprint density at radius 3 is 2.35 bits per heavy atom. The smallest absolute Gasteiger partial charge is 0.218 e. The van der Waals surface area contributed by atoms with E-state index in [0.29, 0.717) is 10.8 Å². The van der Waals surface area contributed by atoms with Crippen molar-refractivity contribution in [1.82, 2.24) is 9.97 Å². The molecular formula is C16H12Cl2N2. The van der Waals surface area contributed by atoms with Crippen LogP contribution >= 0.6 is 23.2 Å². The van der Waals surface area contributed by atoms with Crippen LogP contribution in [-0.2, 0) is 0 Å². The molecule has 0 bridgehead atoms. The van der Waals surface area contributed by atoms with Crippen LogP contribution in [0.4, 0.5) is 0 Å². The molecule has 0 aliphatic rings. The van der Waals surface area contributed by atoms with Crippen molar-refractivity contribution in [1.29, 1.82) is 0 Å². The third-order valence-electron chi connectivity index (χ3n) is 2.52. The molecule has 20 heavy (non-hydrogen) atoms. The summed E-state index contributed by atoms with van der Waals surface area (Å²) < 4.78 is 0. The van der Waals surface area contributed by atoms with E-state index in [9.17, 15) is 0 Å². The summed E-state index contributed by atoms with van der Waals surface area (Å²) >= 11 is 11.7. The van der Waals surface area contributed by atoms with Gasteiger partial charge in [0.1, 0.15) is 5.15 Å². The Balaban J connectivity index is 2.21. The molecule has 0 radical (unpaired) electrons. The van der Waals surface area contributed by atoms with Crippen LogP contribution < -0.4 is 0 Å². The zero-order chi connectivity index (χ0) is 14.4. The molecule has 2 aromatic rings. The Kier molecular flexibility index (Phi) is 5.10. The Bertz CT molecular complexity index is 638. The second-order valence-electron chi connectivity index (χ2n) is 3.95. The van der Waals surface area contributed by atoms with Crippen LogP contribution in [0.3, 0.4) is 0 Å². The molecule has 4 heteroatoms. The maximum absolute atomic E-state index is 5.87. The predicted molar refractivity (Wildman–Crippen MR) is 85.9 cm³/mol. The number of hydrogen-bond acceptors (Lipinski definition) is 2. The fourth-order valence-electron chi connectivity index (χ4n) is 1.61. The van der Waals surface area contributed by atoms with Crippen molar-refractivity contribution < 1.29 is 0 Å². The highest BCUT2D eigenvalue weighted by atomic mass is 35.5. The third kappa shape index (κ3) is 4.05. The van der Waals surface area contributed by atoms with Crippen LogP contribution in [0, 0.1) is 0 Å². The van der Waals surface area contributed by atoms with Crippen molar-refractivity contribution in [2.45, 2.75) is 0 Å². The normalized spacial score (nSPS) is 11.3. The minimum Gasteiger partial charge on any atom is -0.218 e. The van der Waals surface area contributed by atoms with Crippen LogP contribution in [0.25, 0.3) is 17.3 Å². The van der Waals surface area contributed by atoms with Gasteiger partial charge in [0.25, 0.3) is 0 Å². The topological polar surface area (TPSA) is 25.8 Å². The Hall–Kier alpha value is -1.90. The van der Waals surface area contributed by atoms with Gasteiger partial charge in [-0.1, -0.05) is 72.8 Å². The van der Waals surface area contributed by atoms with E-state index in [1.165, 1.54) is 0 Å². The molecule has 2 rings (SSSR count). The zero-order valence-electron chi connectivity index (χ0n) is 10.6. The summed E-state index contributed by atoms with van der Waals surface area (Å²) in [4.78, 5) is 7.98. The number of aromatic nitrogens is 2. The van der Waals surface area contributed by atoms with Crippen LogP contribution in [0.5, 0.6) is 0 Å². The minimum atomic E-state index is 0.144. The monoisotopic (exact) mass is 302 g/mol. The van der Waals surface area contributed by atoms with E-state index >= 15 is 0 Å². The molecule has 0 fully saturated rings. The van der Waals surface area contributed by atoms with E-state index in [4.69, 9.17) is 23.2 Å². The first-order chi connectivity index (χ1) is 9.69. The largest absolute Gasteiger partial charge is 0.224 e. The molecule has 0 N–H and O–H groups in total. The van der Waals surface area contributed by atoms with E-state index in [-0.39, 0.29) is 5.28 Å². The summed E-state index contributed by atoms with van der Waals surface area (Å²) in [5.41, 5.74) is 2.74. The molecule has 1 aromatic carbocycles. The van der Waals surface area contributed by atoms with Crippen LogP contribution in [-0.4, -0.2) is 9.97 Å². The molecule has 0 atom stereocenters. The predicted octanol–water partition coefficient (Wildman–Crippen LogP) is 5.21. The molecule has 2 nitrogen and oxygen atoms in total. The Morgan fingerprint density at radius 2 is 1.70 bits per heavy atom. The maximum atomic E-state index is 5.87. The van der Waals surface area contributed by atoms with Crippen molar-refractivity contribution in [3.63, 3.8) is 0 Å². The lowest BCUT2D eigenvalue weighted by Crippen LogP contribution is -1.88. The standard InChI is InChI=1S/C16H12Cl2N2/c1-2-3-4-5-6-12-7-9-13(10-8-12)14-11-15(17)20-16(18)19-14/h2-11H,1H2/b4-3-,6-5+. The number of allylic oxidation sites excluding steroid dienone is 4. The number of halogens is 2. The van der Waals surface area contributed by atoms with E-state index in [2.05, 4.69) is 16.5 Å². The quantitative estimate of drug-likeness (QED) is 0.440. The first-order valence-corrected chi connectivity index (χ1v) is 6.71. The molecule has 0 saturated heterocycles. The molecule has 0 spiro atoms. The number of nitrogens with zero attached hydrogens (tertiary/aromatic N) is 2. The van der Waals surface area contributed by atoms with Gasteiger partial charge in [0.15, 0.2) is 0 Å². The van der Waals surface area contributed by atoms with Gasteiger partial charge in [0.2, 0.25) is 5.28 Å². The van der Waals surface area contributed by atoms with Crippen molar-refractivity contribution in [3.05, 3.63) is 77.2 Å². The minimum absolute atomic E-state index is 0.144. The van der Waals surface area contributed by atoms with E-state index in [1.807, 2.05) is 48.6 Å². The Morgan fingerprint density at radius 1 is 0.950 bits per heavy atom. The van der Waals surface area contributed by atoms with Gasteiger partial charge in [0.05, 0.1) is 5.69 Å². The molecule has 1 aromatic heterocycles. The van der Waals surface area contributed by atoms with E-state index < -0.39 is 0 Å². The van der Waals surface area contributed by atoms with Gasteiger partial charge in [-0.15, -0.1) is 0 Å². The SMILES string of the molecule is C=C/C=C\C=C\c1ccc(-c2cc(Cl)nc(Cl)n2)cc1. The number of benzene rings is 1. The summed E-state index contributed by atoms with van der Waals surface area (Å²) in [5, 5.41) is 0.476. The highest BCUT2D eigenvalue weighted by Gasteiger charge is 2.03. The maximum Gasteiger partial charge on any atom is 0.224 e. The molecule has 0 aliphatic carbocycles. The lowest BCUT2D eigenvalue weighted by atomic mass is 10.1. The van der Waals surface area contributed by atoms with Gasteiger partial charge in [-0.05, 0) is 17.2 Å². The first-order valence-electron chi connectivity index (χ1n) is 5.95. The second-order valence-corrected chi connectivity index (χ2v) is 4.67. The summed E-state index contributed by atoms with van der Waals surface area (Å²) in [6.45, 7) is 3.61. The van der Waals surface area contributed by atoms with Crippen molar-refractivity contribution >= 4 is 29.3 Å². The molecule has 1 heterocycles. The first kappa shape index (κ1) is 14.5. The molecule has 0 aliphatic heterocycles. The van der Waals surface area contributed by atoms with Gasteiger partial charge in [-0.25, -0.2) is 9.97 Å². The molecule has 0 unspecified atom stereocenters. The van der Waals surface area contributed by atoms with Crippen LogP contribution in [0.1, 0.15) is 5.56 Å². The van der Waals surface area contributed by atoms with Crippen molar-refractivity contribution in [2.24, 2.45) is 0 Å². The lowest BCUT2D eigenvalue weighted by Gasteiger charge is -2.02. The van der Waals surface area contributed by atoms with Gasteiger partial charge < -0.3 is 0 Å². The van der Waals surface area contributed by atoms with E-state index in [0.717, 1.165) is 11.1 Å². The summed E-state index contributed by atoms with van der Waals surface area (Å²) in [6.07, 6.45) is 9.48. The summed E-state index contributed by atoms with van der Waals surface area (Å²) in [6, 6.07) is 9.61. The highest BCUT2D eigenvalue weighted by Crippen LogP contribution is 2.22. The molecule has 100 valence electrons. The Labute approximate surface area is 128 Å². The van der Waals surface area contributed by atoms with Gasteiger partial charge in [-0.2, -0.15) is 0 Å². The molecular weight excluding hydrogens is 291 g/mol. The summed E-state index contributed by atoms with van der Waals surface area (Å²) in [5.74, 6) is 0. The van der Waals surface area contributed by atoms with Gasteiger partial charge in [-0.3, -0.25) is 0 Å². The van der Waals surface area contributed by atoms with E-state index in [1.54, 1.807) is 12.1 Å². The van der Waals surface area contributed by atoms with Crippen LogP contribution in [0.2, 0.25) is 10.4 Å². The molecule has 0 amide bonds. The van der Waals surface area contributed by atoms with Crippen molar-refractivity contribution in [2.75, 3.05) is 0 Å². The van der Waals surface area contributed by atoms with Gasteiger partial charge in [0, 0.05) is 11.6 Å². The average Bonchev–Trinajstić information content (AvgIpc) is 2.43. The zero-order valence-corrected chi connectivity index (χ0v) is 12.1. The fourth-order valence-corrected chi connectivity index (χ4v) is 2.02. The summed E-state index contributed by atoms with van der Waals surface area (Å²) in [7, 11) is 0.